The van der Waals surface area contributed by atoms with Crippen LogP contribution in [0, 0.1) is 12.7 Å². The fourth-order valence-corrected chi connectivity index (χ4v) is 5.50. The summed E-state index contributed by atoms with van der Waals surface area (Å²) in [7, 11) is -3.76. The first-order valence-corrected chi connectivity index (χ1v) is 14.1. The van der Waals surface area contributed by atoms with Gasteiger partial charge in [-0.3, -0.25) is 4.57 Å². The third kappa shape index (κ3) is 5.47. The van der Waals surface area contributed by atoms with Crippen molar-refractivity contribution < 1.29 is 31.1 Å². The molecule has 0 saturated carbocycles. The average Bonchev–Trinajstić information content (AvgIpc) is 3.55. The van der Waals surface area contributed by atoms with Gasteiger partial charge in [0.15, 0.2) is 15.5 Å². The highest BCUT2D eigenvalue weighted by Gasteiger charge is 2.35. The number of nitrogens with zero attached hydrogens (tertiary/aromatic N) is 5. The molecule has 0 spiro atoms. The number of benzene rings is 3. The minimum absolute atomic E-state index is 0.00353. The van der Waals surface area contributed by atoms with E-state index in [4.69, 9.17) is 11.6 Å². The molecule has 2 aromatic heterocycles. The predicted molar refractivity (Wildman–Crippen MR) is 143 cm³/mol. The molecular formula is C27H20ClF4N5O3S. The molecule has 0 bridgehead atoms. The van der Waals surface area contributed by atoms with Crippen molar-refractivity contribution in [3.63, 3.8) is 0 Å². The van der Waals surface area contributed by atoms with Gasteiger partial charge in [0, 0.05) is 23.0 Å². The van der Waals surface area contributed by atoms with Gasteiger partial charge in [-0.2, -0.15) is 13.2 Å². The number of imidazole rings is 1. The lowest BCUT2D eigenvalue weighted by molar-refractivity contribution is -0.141. The maximum Gasteiger partial charge on any atom is 0.434 e. The molecule has 5 aromatic rings. The van der Waals surface area contributed by atoms with Gasteiger partial charge in [0.05, 0.1) is 29.1 Å². The second kappa shape index (κ2) is 10.4. The molecule has 0 radical (unpaired) electrons. The molecule has 14 heteroatoms. The van der Waals surface area contributed by atoms with E-state index in [2.05, 4.69) is 15.3 Å². The lowest BCUT2D eigenvalue weighted by atomic mass is 10.0. The van der Waals surface area contributed by atoms with Crippen LogP contribution in [0.25, 0.3) is 33.8 Å². The van der Waals surface area contributed by atoms with E-state index in [0.717, 1.165) is 16.9 Å². The van der Waals surface area contributed by atoms with Gasteiger partial charge in [0.25, 0.3) is 0 Å². The first-order valence-electron chi connectivity index (χ1n) is 11.9. The Labute approximate surface area is 236 Å². The van der Waals surface area contributed by atoms with Crippen molar-refractivity contribution in [2.45, 2.75) is 24.6 Å². The molecule has 41 heavy (non-hydrogen) atoms. The van der Waals surface area contributed by atoms with E-state index in [0.29, 0.717) is 22.5 Å². The summed E-state index contributed by atoms with van der Waals surface area (Å²) in [5.74, 6) is -1.07. The summed E-state index contributed by atoms with van der Waals surface area (Å²) in [5, 5.41) is 18.1. The number of hydrogen-bond acceptors (Lipinski definition) is 6. The highest BCUT2D eigenvalue weighted by molar-refractivity contribution is 7.90. The fourth-order valence-electron chi connectivity index (χ4n) is 4.43. The van der Waals surface area contributed by atoms with E-state index < -0.39 is 34.1 Å². The van der Waals surface area contributed by atoms with Gasteiger partial charge in [-0.05, 0) is 53.9 Å². The SMILES string of the molecule is Cc1nc(C(F)(F)F)cn1-c1c(F)cc(-c2ccc(CO)c(S(C)(=O)=O)c2)cc1-n1nncc1-c1ccc(Cl)cc1. The molecular weight excluding hydrogens is 586 g/mol. The Kier molecular flexibility index (Phi) is 7.22. The molecule has 1 N–H and O–H groups in total. The van der Waals surface area contributed by atoms with Gasteiger partial charge >= 0.3 is 6.18 Å². The number of aryl methyl sites for hydroxylation is 1. The first kappa shape index (κ1) is 28.5. The average molecular weight is 606 g/mol. The Hall–Kier alpha value is -4.07. The standard InChI is InChI=1S/C27H20ClF4N5O3S/c1-15-34-25(27(30,31)32)13-36(15)26-21(29)9-19(17-3-4-18(14-38)24(11-17)41(2,39)40)10-22(26)37-23(12-33-35-37)16-5-7-20(28)8-6-16/h3-13,38H,14H2,1-2H3. The summed E-state index contributed by atoms with van der Waals surface area (Å²) < 4.78 is 83.5. The number of sulfone groups is 1. The molecule has 0 aliphatic carbocycles. The zero-order chi connectivity index (χ0) is 29.7. The van der Waals surface area contributed by atoms with E-state index >= 15 is 4.39 Å². The molecule has 212 valence electrons. The summed E-state index contributed by atoms with van der Waals surface area (Å²) in [6, 6.07) is 13.3. The highest BCUT2D eigenvalue weighted by atomic mass is 35.5. The number of aromatic nitrogens is 5. The number of hydrogen-bond donors (Lipinski definition) is 1. The van der Waals surface area contributed by atoms with E-state index in [1.807, 2.05) is 0 Å². The Morgan fingerprint density at radius 2 is 1.68 bits per heavy atom. The summed E-state index contributed by atoms with van der Waals surface area (Å²) >= 11 is 6.02. The molecule has 5 rings (SSSR count). The summed E-state index contributed by atoms with van der Waals surface area (Å²) in [5.41, 5.74) is 0.0979. The number of halogens is 5. The Bertz CT molecular complexity index is 1880. The van der Waals surface area contributed by atoms with Gasteiger partial charge in [0.1, 0.15) is 17.3 Å². The van der Waals surface area contributed by atoms with Crippen molar-refractivity contribution in [1.29, 1.82) is 0 Å². The normalized spacial score (nSPS) is 12.2. The third-order valence-corrected chi connectivity index (χ3v) is 7.78. The number of alkyl halides is 3. The number of aliphatic hydroxyl groups is 1. The van der Waals surface area contributed by atoms with Crippen LogP contribution in [0.3, 0.4) is 0 Å². The molecule has 0 amide bonds. The molecule has 0 atom stereocenters. The van der Waals surface area contributed by atoms with Crippen molar-refractivity contribution in [2.75, 3.05) is 6.26 Å². The highest BCUT2D eigenvalue weighted by Crippen LogP contribution is 2.36. The number of rotatable bonds is 6. The summed E-state index contributed by atoms with van der Waals surface area (Å²) in [6.45, 7) is 0.770. The molecule has 0 fully saturated rings. The smallest absolute Gasteiger partial charge is 0.392 e. The minimum atomic E-state index is -4.77. The van der Waals surface area contributed by atoms with Crippen LogP contribution in [-0.2, 0) is 22.6 Å². The van der Waals surface area contributed by atoms with Gasteiger partial charge in [-0.15, -0.1) is 5.10 Å². The molecule has 0 unspecified atom stereocenters. The van der Waals surface area contributed by atoms with E-state index in [1.165, 1.54) is 42.1 Å². The fraction of sp³-hybridized carbons (Fsp3) is 0.148. The van der Waals surface area contributed by atoms with Crippen molar-refractivity contribution in [3.8, 4) is 33.8 Å². The second-order valence-electron chi connectivity index (χ2n) is 9.16. The quantitative estimate of drug-likeness (QED) is 0.245. The summed E-state index contributed by atoms with van der Waals surface area (Å²) in [4.78, 5) is 3.42. The van der Waals surface area contributed by atoms with Crippen molar-refractivity contribution in [3.05, 3.63) is 94.9 Å². The molecule has 3 aromatic carbocycles. The second-order valence-corrected chi connectivity index (χ2v) is 11.6. The van der Waals surface area contributed by atoms with Crippen LogP contribution in [-0.4, -0.2) is 44.3 Å². The molecule has 0 aliphatic heterocycles. The van der Waals surface area contributed by atoms with Crippen LogP contribution in [0.2, 0.25) is 5.02 Å². The monoisotopic (exact) mass is 605 g/mol. The van der Waals surface area contributed by atoms with E-state index in [1.54, 1.807) is 24.3 Å². The van der Waals surface area contributed by atoms with Crippen LogP contribution in [0.5, 0.6) is 0 Å². The predicted octanol–water partition coefficient (Wildman–Crippen LogP) is 5.80. The van der Waals surface area contributed by atoms with Crippen LogP contribution in [0.1, 0.15) is 17.1 Å². The maximum atomic E-state index is 16.1. The molecule has 0 saturated heterocycles. The van der Waals surface area contributed by atoms with Gasteiger partial charge in [-0.25, -0.2) is 22.5 Å². The first-order chi connectivity index (χ1) is 19.3. The Balaban J connectivity index is 1.80. The largest absolute Gasteiger partial charge is 0.434 e. The van der Waals surface area contributed by atoms with Gasteiger partial charge < -0.3 is 5.11 Å². The lowest BCUT2D eigenvalue weighted by Crippen LogP contribution is -2.10. The third-order valence-electron chi connectivity index (χ3n) is 6.34. The Morgan fingerprint density at radius 3 is 2.29 bits per heavy atom. The van der Waals surface area contributed by atoms with Crippen LogP contribution in [0.15, 0.2) is 71.9 Å². The van der Waals surface area contributed by atoms with Gasteiger partial charge in [0.2, 0.25) is 0 Å². The zero-order valence-electron chi connectivity index (χ0n) is 21.4. The topological polar surface area (TPSA) is 103 Å². The lowest BCUT2D eigenvalue weighted by Gasteiger charge is -2.17. The van der Waals surface area contributed by atoms with Crippen molar-refractivity contribution in [2.24, 2.45) is 0 Å². The van der Waals surface area contributed by atoms with Crippen LogP contribution < -0.4 is 0 Å². The minimum Gasteiger partial charge on any atom is -0.392 e. The molecule has 8 nitrogen and oxygen atoms in total. The zero-order valence-corrected chi connectivity index (χ0v) is 22.9. The Morgan fingerprint density at radius 1 is 1.00 bits per heavy atom. The van der Waals surface area contributed by atoms with Crippen LogP contribution >= 0.6 is 11.6 Å². The van der Waals surface area contributed by atoms with Crippen molar-refractivity contribution >= 4 is 21.4 Å². The number of aliphatic hydroxyl groups excluding tert-OH is 1. The van der Waals surface area contributed by atoms with Gasteiger partial charge in [-0.1, -0.05) is 41.1 Å². The van der Waals surface area contributed by atoms with E-state index in [-0.39, 0.29) is 38.8 Å². The summed E-state index contributed by atoms with van der Waals surface area (Å²) in [6.07, 6.45) is -1.70. The maximum absolute atomic E-state index is 16.1. The van der Waals surface area contributed by atoms with Crippen molar-refractivity contribution in [1.82, 2.24) is 24.5 Å². The van der Waals surface area contributed by atoms with E-state index in [9.17, 15) is 26.7 Å². The van der Waals surface area contributed by atoms with Crippen LogP contribution in [0.4, 0.5) is 17.6 Å². The molecule has 2 heterocycles. The molecule has 0 aliphatic rings.